The molecule has 0 spiro atoms. The highest BCUT2D eigenvalue weighted by molar-refractivity contribution is 6.30. The number of imidazole rings is 1. The quantitative estimate of drug-likeness (QED) is 0.252. The smallest absolute Gasteiger partial charge is 0.265 e. The summed E-state index contributed by atoms with van der Waals surface area (Å²) in [5.74, 6) is -0.478. The molecule has 0 aliphatic carbocycles. The number of alkyl halides is 1. The third-order valence-electron chi connectivity index (χ3n) is 6.27. The number of hydrogen-bond acceptors (Lipinski definition) is 7. The molecule has 3 aromatic heterocycles. The Labute approximate surface area is 276 Å². The van der Waals surface area contributed by atoms with Crippen molar-refractivity contribution in [3.8, 4) is 0 Å². The maximum atomic E-state index is 14.0. The molecule has 254 valence electrons. The van der Waals surface area contributed by atoms with Crippen molar-refractivity contribution in [3.05, 3.63) is 63.0 Å². The summed E-state index contributed by atoms with van der Waals surface area (Å²) >= 11 is 5.93. The summed E-state index contributed by atoms with van der Waals surface area (Å²) in [5.41, 5.74) is -0.162. The lowest BCUT2D eigenvalue weighted by Gasteiger charge is -2.42. The highest BCUT2D eigenvalue weighted by atomic mass is 35.5. The number of pyridine rings is 2. The van der Waals surface area contributed by atoms with Gasteiger partial charge in [0.15, 0.2) is 0 Å². The molecule has 1 fully saturated rings. The number of nitrogens with one attached hydrogen (secondary N) is 3. The van der Waals surface area contributed by atoms with Crippen molar-refractivity contribution in [2.45, 2.75) is 67.2 Å². The van der Waals surface area contributed by atoms with Crippen LogP contribution in [0.15, 0.2) is 41.3 Å². The summed E-state index contributed by atoms with van der Waals surface area (Å²) < 4.78 is 15.2. The van der Waals surface area contributed by atoms with Gasteiger partial charge < -0.3 is 25.4 Å². The van der Waals surface area contributed by atoms with Crippen molar-refractivity contribution < 1.29 is 14.0 Å². The summed E-state index contributed by atoms with van der Waals surface area (Å²) in [5, 5.41) is 6.51. The minimum Gasteiger partial charge on any atom is -0.349 e. The Kier molecular flexibility index (Phi) is 16.4. The summed E-state index contributed by atoms with van der Waals surface area (Å²) in [7, 11) is 7.40. The number of amides is 2. The molecule has 0 atom stereocenters. The first-order valence-electron chi connectivity index (χ1n) is 15.6. The molecule has 11 nitrogen and oxygen atoms in total. The highest BCUT2D eigenvalue weighted by Gasteiger charge is 2.41. The Morgan fingerprint density at radius 3 is 2.15 bits per heavy atom. The second-order valence-electron chi connectivity index (χ2n) is 10.1. The summed E-state index contributed by atoms with van der Waals surface area (Å²) in [6.07, 6.45) is 1.53. The molecule has 3 N–H and O–H groups in total. The van der Waals surface area contributed by atoms with Crippen LogP contribution in [-0.2, 0) is 17.9 Å². The predicted molar refractivity (Wildman–Crippen MR) is 188 cm³/mol. The molecular weight excluding hydrogens is 611 g/mol. The number of H-pyrrole nitrogens is 1. The third-order valence-corrected chi connectivity index (χ3v) is 6.52. The van der Waals surface area contributed by atoms with Crippen molar-refractivity contribution in [2.24, 2.45) is 0 Å². The molecule has 1 saturated heterocycles. The minimum atomic E-state index is -1.45. The lowest BCUT2D eigenvalue weighted by molar-refractivity contribution is -0.144. The van der Waals surface area contributed by atoms with Crippen molar-refractivity contribution in [1.29, 1.82) is 0 Å². The first-order chi connectivity index (χ1) is 21.9. The van der Waals surface area contributed by atoms with E-state index < -0.39 is 23.0 Å². The molecule has 5 rings (SSSR count). The van der Waals surface area contributed by atoms with Crippen molar-refractivity contribution in [1.82, 2.24) is 35.1 Å². The molecule has 13 heteroatoms. The number of benzene rings is 1. The number of carbonyl (C=O) groups is 2. The van der Waals surface area contributed by atoms with E-state index in [1.807, 2.05) is 69.7 Å². The molecule has 0 bridgehead atoms. The van der Waals surface area contributed by atoms with Crippen LogP contribution in [0, 0.1) is 0 Å². The second-order valence-corrected chi connectivity index (χ2v) is 10.6. The second kappa shape index (κ2) is 18.8. The Balaban J connectivity index is 0.00000107. The first-order valence-corrected chi connectivity index (χ1v) is 16.0. The van der Waals surface area contributed by atoms with Gasteiger partial charge >= 0.3 is 0 Å². The van der Waals surface area contributed by atoms with Gasteiger partial charge in [-0.15, -0.1) is 0 Å². The summed E-state index contributed by atoms with van der Waals surface area (Å²) in [4.78, 5) is 54.8. The lowest BCUT2D eigenvalue weighted by Crippen LogP contribution is -2.60. The van der Waals surface area contributed by atoms with Crippen molar-refractivity contribution >= 4 is 51.4 Å². The molecule has 46 heavy (non-hydrogen) atoms. The molecule has 0 unspecified atom stereocenters. The molecule has 1 aliphatic heterocycles. The third kappa shape index (κ3) is 9.98. The summed E-state index contributed by atoms with van der Waals surface area (Å²) in [6.45, 7) is 13.1. The van der Waals surface area contributed by atoms with Gasteiger partial charge in [-0.2, -0.15) is 0 Å². The van der Waals surface area contributed by atoms with Gasteiger partial charge in [-0.25, -0.2) is 14.4 Å². The van der Waals surface area contributed by atoms with Crippen LogP contribution in [0.3, 0.4) is 0 Å². The average Bonchev–Trinajstić information content (AvgIpc) is 3.49. The Morgan fingerprint density at radius 1 is 1.07 bits per heavy atom. The van der Waals surface area contributed by atoms with Crippen LogP contribution >= 0.6 is 11.6 Å². The van der Waals surface area contributed by atoms with E-state index in [0.29, 0.717) is 27.4 Å². The van der Waals surface area contributed by atoms with Gasteiger partial charge in [-0.1, -0.05) is 65.3 Å². The number of hydrogen-bond donors (Lipinski definition) is 3. The maximum Gasteiger partial charge on any atom is 0.265 e. The van der Waals surface area contributed by atoms with Crippen molar-refractivity contribution in [2.75, 3.05) is 46.2 Å². The Bertz CT molecular complexity index is 1610. The number of nitrogens with zero attached hydrogens (tertiary/aromatic N) is 5. The van der Waals surface area contributed by atoms with Crippen LogP contribution in [-0.4, -0.2) is 83.2 Å². The Morgan fingerprint density at radius 2 is 1.63 bits per heavy atom. The predicted octanol–water partition coefficient (Wildman–Crippen LogP) is 5.41. The van der Waals surface area contributed by atoms with Gasteiger partial charge in [-0.05, 0) is 44.8 Å². The van der Waals surface area contributed by atoms with Gasteiger partial charge in [0.05, 0.1) is 24.8 Å². The zero-order valence-corrected chi connectivity index (χ0v) is 29.8. The number of aromatic amines is 1. The molecule has 0 saturated carbocycles. The number of anilines is 1. The van der Waals surface area contributed by atoms with E-state index in [0.717, 1.165) is 10.1 Å². The molecular formula is C33H50ClFN8O3. The zero-order chi connectivity index (χ0) is 35.2. The van der Waals surface area contributed by atoms with E-state index in [-0.39, 0.29) is 37.4 Å². The number of aromatic nitrogens is 4. The monoisotopic (exact) mass is 660 g/mol. The van der Waals surface area contributed by atoms with Crippen LogP contribution in [0.4, 0.5) is 10.3 Å². The van der Waals surface area contributed by atoms with Crippen LogP contribution in [0.25, 0.3) is 22.1 Å². The fraction of sp³-hybridized carbons (Fsp3) is 0.485. The van der Waals surface area contributed by atoms with Gasteiger partial charge in [-0.3, -0.25) is 19.0 Å². The normalized spacial score (nSPS) is 12.5. The standard InChI is InChI=1S/C25H25ClFN7O3.C2H7N.3C2H6/c1-25(27)12-33(13-25)19(35)11-34-21-16(20-18(10-28-21)30-24(31-20)32(2)3)8-17(23(34)37)22(36)29-9-14-4-6-15(26)7-5-14;1-3-2;3*1-2/h4-8,10H,9,11-13H2,1-3H3,(H,29,36)(H,30,31);3H,1-2H3;3*1-2H3. The van der Waals surface area contributed by atoms with Gasteiger partial charge in [0.1, 0.15) is 28.9 Å². The Hall–Kier alpha value is -4.03. The van der Waals surface area contributed by atoms with E-state index >= 15 is 0 Å². The van der Waals surface area contributed by atoms with Gasteiger partial charge in [0.25, 0.3) is 11.5 Å². The van der Waals surface area contributed by atoms with Crippen LogP contribution in [0.2, 0.25) is 5.02 Å². The maximum absolute atomic E-state index is 14.0. The number of carbonyl (C=O) groups excluding carboxylic acids is 2. The van der Waals surface area contributed by atoms with E-state index in [1.165, 1.54) is 24.1 Å². The van der Waals surface area contributed by atoms with Crippen LogP contribution in [0.1, 0.15) is 64.4 Å². The van der Waals surface area contributed by atoms with E-state index in [9.17, 15) is 18.8 Å². The topological polar surface area (TPSA) is 128 Å². The molecule has 1 aromatic carbocycles. The first kappa shape index (κ1) is 40.0. The SMILES string of the molecule is CC.CC.CC.CN(C)c1nc2c(cnc3c2cc(C(=O)NCc2ccc(Cl)cc2)c(=O)n3CC(=O)N2CC(C)(F)C2)[nH]1.CNC. The molecule has 0 radical (unpaired) electrons. The van der Waals surface area contributed by atoms with Gasteiger partial charge in [0, 0.05) is 31.0 Å². The lowest BCUT2D eigenvalue weighted by atomic mass is 9.99. The molecule has 2 amide bonds. The van der Waals surface area contributed by atoms with E-state index in [4.69, 9.17) is 11.6 Å². The fourth-order valence-corrected chi connectivity index (χ4v) is 4.46. The summed E-state index contributed by atoms with van der Waals surface area (Å²) in [6, 6.07) is 8.40. The minimum absolute atomic E-state index is 0.0526. The number of likely N-dealkylation sites (tertiary alicyclic amines) is 1. The van der Waals surface area contributed by atoms with Crippen LogP contribution in [0.5, 0.6) is 0 Å². The zero-order valence-electron chi connectivity index (χ0n) is 29.0. The molecule has 4 aromatic rings. The molecule has 4 heterocycles. The number of rotatable bonds is 6. The number of fused-ring (bicyclic) bond motifs is 3. The van der Waals surface area contributed by atoms with Crippen LogP contribution < -0.4 is 21.1 Å². The largest absolute Gasteiger partial charge is 0.349 e. The van der Waals surface area contributed by atoms with Gasteiger partial charge in [0.2, 0.25) is 11.9 Å². The van der Waals surface area contributed by atoms with E-state index in [1.54, 1.807) is 29.2 Å². The highest BCUT2D eigenvalue weighted by Crippen LogP contribution is 2.26. The molecule has 1 aliphatic rings. The number of halogens is 2. The van der Waals surface area contributed by atoms with Crippen molar-refractivity contribution in [3.63, 3.8) is 0 Å². The fourth-order valence-electron chi connectivity index (χ4n) is 4.33. The van der Waals surface area contributed by atoms with E-state index in [2.05, 4.69) is 25.6 Å². The average molecular weight is 661 g/mol.